The van der Waals surface area contributed by atoms with Crippen molar-refractivity contribution in [3.05, 3.63) is 85.5 Å². The highest BCUT2D eigenvalue weighted by molar-refractivity contribution is 7.15. The number of esters is 2. The van der Waals surface area contributed by atoms with E-state index < -0.39 is 22.8 Å². The molecule has 13 heteroatoms. The highest BCUT2D eigenvalue weighted by atomic mass is 35.5. The maximum atomic E-state index is 12.5. The van der Waals surface area contributed by atoms with Gasteiger partial charge in [-0.05, 0) is 63.8 Å². The van der Waals surface area contributed by atoms with Crippen molar-refractivity contribution >= 4 is 69.2 Å². The summed E-state index contributed by atoms with van der Waals surface area (Å²) in [6.07, 6.45) is 10.7. The topological polar surface area (TPSA) is 136 Å². The highest BCUT2D eigenvalue weighted by Gasteiger charge is 2.45. The number of hydrogen-bond acceptors (Lipinski definition) is 11. The monoisotopic (exact) mass is 820 g/mol. The quantitative estimate of drug-likeness (QED) is 0.131. The van der Waals surface area contributed by atoms with Gasteiger partial charge >= 0.3 is 11.9 Å². The first-order chi connectivity index (χ1) is 26.4. The fraction of sp³-hybridized carbons (Fsp3) is 0.405. The van der Waals surface area contributed by atoms with Crippen LogP contribution in [0.4, 0.5) is 0 Å². The fourth-order valence-corrected chi connectivity index (χ4v) is 9.54. The molecule has 0 saturated heterocycles. The van der Waals surface area contributed by atoms with Crippen molar-refractivity contribution in [2.45, 2.75) is 84.5 Å². The molecule has 0 bridgehead atoms. The molecule has 0 radical (unpaired) electrons. The van der Waals surface area contributed by atoms with Crippen molar-refractivity contribution in [3.8, 4) is 33.2 Å². The number of ketones is 1. The zero-order chi connectivity index (χ0) is 39.2. The van der Waals surface area contributed by atoms with Gasteiger partial charge < -0.3 is 19.7 Å². The van der Waals surface area contributed by atoms with Crippen LogP contribution >= 0.6 is 45.9 Å². The molecule has 2 aromatic carbocycles. The molecular weight excluding hydrogens is 780 g/mol. The van der Waals surface area contributed by atoms with Gasteiger partial charge in [0.15, 0.2) is 0 Å². The van der Waals surface area contributed by atoms with Gasteiger partial charge in [0.05, 0.1) is 28.6 Å². The average Bonchev–Trinajstić information content (AvgIpc) is 3.75. The van der Waals surface area contributed by atoms with Crippen LogP contribution in [0.25, 0.3) is 26.7 Å². The van der Waals surface area contributed by atoms with E-state index >= 15 is 0 Å². The van der Waals surface area contributed by atoms with Crippen LogP contribution in [0.15, 0.2) is 54.3 Å². The molecule has 4 aromatic rings. The van der Waals surface area contributed by atoms with Crippen LogP contribution in [-0.4, -0.2) is 51.1 Å². The van der Waals surface area contributed by atoms with Gasteiger partial charge in [0, 0.05) is 36.8 Å². The molecule has 7 rings (SSSR count). The number of aryl methyl sites for hydroxylation is 2. The van der Waals surface area contributed by atoms with E-state index in [4.69, 9.17) is 37.8 Å². The molecule has 3 heterocycles. The van der Waals surface area contributed by atoms with E-state index in [9.17, 15) is 19.5 Å². The van der Waals surface area contributed by atoms with Crippen LogP contribution in [-0.2, 0) is 30.3 Å². The molecule has 55 heavy (non-hydrogen) atoms. The first kappa shape index (κ1) is 40.5. The number of carbonyl (C=O) groups is 3. The molecule has 2 N–H and O–H groups in total. The van der Waals surface area contributed by atoms with Crippen molar-refractivity contribution in [1.82, 2.24) is 9.97 Å². The van der Waals surface area contributed by atoms with Gasteiger partial charge in [0.25, 0.3) is 0 Å². The third-order valence-electron chi connectivity index (χ3n) is 10.6. The Bertz CT molecular complexity index is 2130. The van der Waals surface area contributed by atoms with E-state index in [2.05, 4.69) is 15.9 Å². The molecule has 2 fully saturated rings. The van der Waals surface area contributed by atoms with Gasteiger partial charge in [0.1, 0.15) is 40.7 Å². The molecule has 9 nitrogen and oxygen atoms in total. The summed E-state index contributed by atoms with van der Waals surface area (Å²) in [6, 6.07) is 14.8. The van der Waals surface area contributed by atoms with E-state index in [0.29, 0.717) is 34.3 Å². The van der Waals surface area contributed by atoms with Crippen LogP contribution in [0, 0.1) is 36.7 Å². The minimum atomic E-state index is -0.810. The molecule has 1 spiro atoms. The zero-order valence-electron chi connectivity index (χ0n) is 30.7. The summed E-state index contributed by atoms with van der Waals surface area (Å²) in [5.41, 5.74) is 2.08. The summed E-state index contributed by atoms with van der Waals surface area (Å²) in [6.45, 7) is 4.10. The molecule has 2 aliphatic carbocycles. The Kier molecular flexibility index (Phi) is 13.0. The van der Waals surface area contributed by atoms with Gasteiger partial charge in [0.2, 0.25) is 5.78 Å². The van der Waals surface area contributed by atoms with Crippen molar-refractivity contribution in [2.75, 3.05) is 13.2 Å². The molecule has 2 saturated carbocycles. The number of Topliss-reactive ketones (excluding diaryl/α,β-unsaturated/α-hetero) is 1. The van der Waals surface area contributed by atoms with Crippen LogP contribution in [0.5, 0.6) is 0 Å². The summed E-state index contributed by atoms with van der Waals surface area (Å²) in [5.74, 6) is 1.13. The summed E-state index contributed by atoms with van der Waals surface area (Å²) in [5, 5.41) is 22.8. The average molecular weight is 822 g/mol. The second-order valence-corrected chi connectivity index (χ2v) is 17.6. The normalized spacial score (nSPS) is 17.3. The van der Waals surface area contributed by atoms with E-state index in [1.807, 2.05) is 50.2 Å². The maximum Gasteiger partial charge on any atom is 0.343 e. The Labute approximate surface area is 338 Å². The van der Waals surface area contributed by atoms with Crippen LogP contribution in [0.2, 0.25) is 10.0 Å². The third kappa shape index (κ3) is 9.26. The smallest absolute Gasteiger partial charge is 0.343 e. The van der Waals surface area contributed by atoms with Crippen molar-refractivity contribution in [1.29, 1.82) is 0 Å². The summed E-state index contributed by atoms with van der Waals surface area (Å²) in [4.78, 5) is 48.4. The molecule has 288 valence electrons. The van der Waals surface area contributed by atoms with E-state index in [1.165, 1.54) is 22.7 Å². The number of halogens is 2. The molecule has 0 amide bonds. The second kappa shape index (κ2) is 17.7. The molecule has 3 aliphatic rings. The largest absolute Gasteiger partial charge is 0.511 e. The van der Waals surface area contributed by atoms with Gasteiger partial charge in [-0.15, -0.1) is 22.7 Å². The van der Waals surface area contributed by atoms with Crippen LogP contribution in [0.3, 0.4) is 0 Å². The van der Waals surface area contributed by atoms with Crippen LogP contribution < -0.4 is 0 Å². The summed E-state index contributed by atoms with van der Waals surface area (Å²) < 4.78 is 11.0. The number of benzene rings is 2. The Morgan fingerprint density at radius 1 is 0.836 bits per heavy atom. The number of nitrogens with zero attached hydrogens (tertiary/aromatic N) is 2. The lowest BCUT2D eigenvalue weighted by Crippen LogP contribution is -2.38. The number of aliphatic hydroxyl groups is 2. The number of cyclic esters (lactones) is 1. The minimum absolute atomic E-state index is 0.00737. The number of aliphatic hydroxyl groups excluding tert-OH is 2. The summed E-state index contributed by atoms with van der Waals surface area (Å²) >= 11 is 14.9. The highest BCUT2D eigenvalue weighted by Crippen LogP contribution is 2.48. The van der Waals surface area contributed by atoms with E-state index in [1.54, 1.807) is 18.2 Å². The molecular formula is C42H42Cl2N2O7S2. The lowest BCUT2D eigenvalue weighted by Gasteiger charge is -2.39. The Morgan fingerprint density at radius 3 is 1.96 bits per heavy atom. The molecule has 2 aromatic heterocycles. The van der Waals surface area contributed by atoms with E-state index in [0.717, 1.165) is 82.3 Å². The number of hydrogen-bond donors (Lipinski definition) is 2. The first-order valence-electron chi connectivity index (χ1n) is 18.4. The lowest BCUT2D eigenvalue weighted by atomic mass is 9.71. The van der Waals surface area contributed by atoms with Crippen molar-refractivity contribution in [3.63, 3.8) is 0 Å². The van der Waals surface area contributed by atoms with Gasteiger partial charge in [-0.25, -0.2) is 14.8 Å². The molecule has 0 unspecified atom stereocenters. The fourth-order valence-electron chi connectivity index (χ4n) is 7.43. The predicted octanol–water partition coefficient (Wildman–Crippen LogP) is 10.3. The number of carbonyl (C=O) groups excluding carboxylic acids is 3. The minimum Gasteiger partial charge on any atom is -0.511 e. The summed E-state index contributed by atoms with van der Waals surface area (Å²) in [7, 11) is 0. The van der Waals surface area contributed by atoms with Crippen molar-refractivity contribution in [2.24, 2.45) is 10.8 Å². The number of ether oxygens (including phenoxy) is 2. The Balaban J connectivity index is 0.000000188. The standard InChI is InChI=1S/C22H22ClNO4S.C20H20ClNO3S/c1-15-18(24-21(29-15)16-5-7-17(23)8-6-16)13-20(27)28-14-22(19(26)9-12-25)10-3-2-4-11-22;1-12-16(22-18(26-12)13-5-7-14(21)8-6-13)15-17(23)20(11-25-19(15)24)9-3-2-4-10-20/h5-8,25H,2-4,10-11,13-14H2,1H3;5-8,23H,2-4,9-11H2,1H3. The number of aromatic nitrogens is 2. The van der Waals surface area contributed by atoms with Gasteiger partial charge in [-0.3, -0.25) is 9.59 Å². The third-order valence-corrected chi connectivity index (χ3v) is 13.2. The number of rotatable bonds is 8. The lowest BCUT2D eigenvalue weighted by molar-refractivity contribution is -0.150. The SMILES string of the molecule is Cc1sc(-c2ccc(Cl)cc2)nc1C1=C(O)C2(CCCCC2)COC1=O.Cc1sc(-c2ccc(Cl)cc2)nc1CC(=O)OCC1(C(=O)C#CO)CCCCC1. The second-order valence-electron chi connectivity index (χ2n) is 14.3. The number of thiazole rings is 2. The van der Waals surface area contributed by atoms with Gasteiger partial charge in [-0.2, -0.15) is 0 Å². The maximum absolute atomic E-state index is 12.5. The molecule has 1 aliphatic heterocycles. The van der Waals surface area contributed by atoms with Crippen molar-refractivity contribution < 1.29 is 34.1 Å². The first-order valence-corrected chi connectivity index (χ1v) is 20.7. The van der Waals surface area contributed by atoms with Crippen LogP contribution in [0.1, 0.15) is 85.4 Å². The zero-order valence-corrected chi connectivity index (χ0v) is 33.9. The Morgan fingerprint density at radius 2 is 1.38 bits per heavy atom. The Hall–Kier alpha value is -4.21. The van der Waals surface area contributed by atoms with E-state index in [-0.39, 0.29) is 36.8 Å². The predicted molar refractivity (Wildman–Crippen MR) is 216 cm³/mol. The molecule has 0 atom stereocenters. The van der Waals surface area contributed by atoms with Gasteiger partial charge in [-0.1, -0.05) is 86.0 Å².